The number of nitrogens with one attached hydrogen (secondary N) is 1. The van der Waals surface area contributed by atoms with E-state index in [2.05, 4.69) is 75.5 Å². The van der Waals surface area contributed by atoms with Gasteiger partial charge in [0.15, 0.2) is 0 Å². The van der Waals surface area contributed by atoms with Crippen molar-refractivity contribution in [1.82, 2.24) is 19.9 Å². The number of amides is 1. The third kappa shape index (κ3) is 4.10. The highest BCUT2D eigenvalue weighted by atomic mass is 16.1. The van der Waals surface area contributed by atoms with E-state index in [1.165, 1.54) is 16.3 Å². The third-order valence-electron chi connectivity index (χ3n) is 5.75. The molecule has 5 heteroatoms. The lowest BCUT2D eigenvalue weighted by molar-refractivity contribution is 0.0953. The van der Waals surface area contributed by atoms with Gasteiger partial charge in [-0.3, -0.25) is 9.78 Å². The summed E-state index contributed by atoms with van der Waals surface area (Å²) in [6, 6.07) is 26.7. The Hall–Kier alpha value is -3.99. The maximum Gasteiger partial charge on any atom is 0.251 e. The van der Waals surface area contributed by atoms with Crippen LogP contribution < -0.4 is 5.32 Å². The van der Waals surface area contributed by atoms with Crippen molar-refractivity contribution in [1.29, 1.82) is 0 Å². The van der Waals surface area contributed by atoms with Crippen LogP contribution in [0, 0.1) is 0 Å². The Balaban J connectivity index is 1.36. The Morgan fingerprint density at radius 2 is 1.66 bits per heavy atom. The molecule has 0 fully saturated rings. The molecule has 0 radical (unpaired) electrons. The molecule has 3 aromatic carbocycles. The van der Waals surface area contributed by atoms with Crippen LogP contribution in [0.3, 0.4) is 0 Å². The number of fused-ring (bicyclic) bond motifs is 2. The van der Waals surface area contributed by atoms with Crippen molar-refractivity contribution in [2.75, 3.05) is 6.54 Å². The van der Waals surface area contributed by atoms with Crippen LogP contribution in [0.5, 0.6) is 0 Å². The lowest BCUT2D eigenvalue weighted by Gasteiger charge is -2.12. The Kier molecular flexibility index (Phi) is 5.62. The summed E-state index contributed by atoms with van der Waals surface area (Å²) in [4.78, 5) is 21.1. The summed E-state index contributed by atoms with van der Waals surface area (Å²) in [5.41, 5.74) is 4.04. The summed E-state index contributed by atoms with van der Waals surface area (Å²) in [5, 5.41) is 5.50. The van der Waals surface area contributed by atoms with E-state index >= 15 is 0 Å². The standard InChI is InChI=1S/C27H24N4O/c32-27(21-14-17-28-18-15-21)29-16-6-13-26-30-24-11-3-4-12-25(24)31(26)19-22-9-5-8-20-7-1-2-10-23(20)22/h1-5,7-12,14-15,17-18H,6,13,16,19H2,(H,29,32). The Morgan fingerprint density at radius 3 is 2.56 bits per heavy atom. The van der Waals surface area contributed by atoms with Gasteiger partial charge in [-0.1, -0.05) is 54.6 Å². The van der Waals surface area contributed by atoms with Gasteiger partial charge in [-0.05, 0) is 47.0 Å². The number of nitrogens with zero attached hydrogens (tertiary/aromatic N) is 3. The smallest absolute Gasteiger partial charge is 0.251 e. The van der Waals surface area contributed by atoms with Crippen LogP contribution in [-0.4, -0.2) is 27.0 Å². The van der Waals surface area contributed by atoms with Crippen LogP contribution in [0.2, 0.25) is 0 Å². The number of hydrogen-bond donors (Lipinski definition) is 1. The first kappa shape index (κ1) is 19.9. The van der Waals surface area contributed by atoms with Gasteiger partial charge in [-0.25, -0.2) is 4.98 Å². The maximum absolute atomic E-state index is 12.3. The zero-order valence-corrected chi connectivity index (χ0v) is 17.7. The van der Waals surface area contributed by atoms with Crippen molar-refractivity contribution in [3.63, 3.8) is 0 Å². The topological polar surface area (TPSA) is 59.8 Å². The lowest BCUT2D eigenvalue weighted by atomic mass is 10.0. The van der Waals surface area contributed by atoms with E-state index in [-0.39, 0.29) is 5.91 Å². The SMILES string of the molecule is O=C(NCCCc1nc2ccccc2n1Cc1cccc2ccccc12)c1ccncc1. The Bertz CT molecular complexity index is 1370. The predicted octanol–water partition coefficient (Wildman–Crippen LogP) is 5.00. The van der Waals surface area contributed by atoms with E-state index in [0.717, 1.165) is 36.2 Å². The summed E-state index contributed by atoms with van der Waals surface area (Å²) in [6.45, 7) is 1.36. The molecule has 5 rings (SSSR count). The molecule has 1 amide bonds. The number of pyridine rings is 1. The van der Waals surface area contributed by atoms with Crippen molar-refractivity contribution in [3.05, 3.63) is 108 Å². The van der Waals surface area contributed by atoms with Gasteiger partial charge in [-0.2, -0.15) is 0 Å². The first-order valence-electron chi connectivity index (χ1n) is 10.9. The Morgan fingerprint density at radius 1 is 0.875 bits per heavy atom. The highest BCUT2D eigenvalue weighted by Gasteiger charge is 2.12. The van der Waals surface area contributed by atoms with E-state index in [1.54, 1.807) is 24.5 Å². The van der Waals surface area contributed by atoms with Crippen molar-refractivity contribution < 1.29 is 4.79 Å². The van der Waals surface area contributed by atoms with Crippen molar-refractivity contribution >= 4 is 27.7 Å². The molecule has 0 spiro atoms. The number of imidazole rings is 1. The summed E-state index contributed by atoms with van der Waals surface area (Å²) < 4.78 is 2.31. The van der Waals surface area contributed by atoms with Gasteiger partial charge in [0.25, 0.3) is 5.91 Å². The molecule has 0 bridgehead atoms. The first-order chi connectivity index (χ1) is 15.8. The van der Waals surface area contributed by atoms with Crippen molar-refractivity contribution in [2.45, 2.75) is 19.4 Å². The first-order valence-corrected chi connectivity index (χ1v) is 10.9. The van der Waals surface area contributed by atoms with E-state index in [1.807, 2.05) is 6.07 Å². The number of carbonyl (C=O) groups excluding carboxylic acids is 1. The molecule has 2 heterocycles. The second kappa shape index (κ2) is 9.02. The van der Waals surface area contributed by atoms with Crippen LogP contribution >= 0.6 is 0 Å². The fourth-order valence-corrected chi connectivity index (χ4v) is 4.15. The predicted molar refractivity (Wildman–Crippen MR) is 128 cm³/mol. The van der Waals surface area contributed by atoms with Gasteiger partial charge < -0.3 is 9.88 Å². The number of hydrogen-bond acceptors (Lipinski definition) is 3. The third-order valence-corrected chi connectivity index (χ3v) is 5.75. The van der Waals surface area contributed by atoms with Crippen LogP contribution in [0.25, 0.3) is 21.8 Å². The molecule has 5 aromatic rings. The maximum atomic E-state index is 12.3. The average molecular weight is 421 g/mol. The number of para-hydroxylation sites is 2. The molecule has 158 valence electrons. The van der Waals surface area contributed by atoms with Gasteiger partial charge in [0.1, 0.15) is 5.82 Å². The summed E-state index contributed by atoms with van der Waals surface area (Å²) in [6.07, 6.45) is 4.86. The van der Waals surface area contributed by atoms with Crippen LogP contribution in [0.4, 0.5) is 0 Å². The van der Waals surface area contributed by atoms with E-state index in [0.29, 0.717) is 12.1 Å². The molecular formula is C27H24N4O. The minimum atomic E-state index is -0.0725. The number of aryl methyl sites for hydroxylation is 1. The fourth-order valence-electron chi connectivity index (χ4n) is 4.15. The van der Waals surface area contributed by atoms with E-state index < -0.39 is 0 Å². The zero-order valence-electron chi connectivity index (χ0n) is 17.7. The number of benzene rings is 3. The van der Waals surface area contributed by atoms with Gasteiger partial charge >= 0.3 is 0 Å². The molecule has 0 aliphatic heterocycles. The fraction of sp³-hybridized carbons (Fsp3) is 0.148. The number of carbonyl (C=O) groups is 1. The number of aromatic nitrogens is 3. The van der Waals surface area contributed by atoms with Gasteiger partial charge in [0, 0.05) is 37.5 Å². The van der Waals surface area contributed by atoms with Crippen molar-refractivity contribution in [3.8, 4) is 0 Å². The van der Waals surface area contributed by atoms with Crippen LogP contribution in [0.1, 0.15) is 28.2 Å². The summed E-state index contributed by atoms with van der Waals surface area (Å²) in [7, 11) is 0. The van der Waals surface area contributed by atoms with Crippen molar-refractivity contribution in [2.24, 2.45) is 0 Å². The molecule has 2 aromatic heterocycles. The molecule has 32 heavy (non-hydrogen) atoms. The average Bonchev–Trinajstić information content (AvgIpc) is 3.19. The lowest BCUT2D eigenvalue weighted by Crippen LogP contribution is -2.25. The molecule has 1 N–H and O–H groups in total. The van der Waals surface area contributed by atoms with Crippen LogP contribution in [-0.2, 0) is 13.0 Å². The second-order valence-corrected chi connectivity index (χ2v) is 7.84. The highest BCUT2D eigenvalue weighted by molar-refractivity contribution is 5.93. The number of rotatable bonds is 7. The summed E-state index contributed by atoms with van der Waals surface area (Å²) >= 11 is 0. The van der Waals surface area contributed by atoms with E-state index in [9.17, 15) is 4.79 Å². The largest absolute Gasteiger partial charge is 0.352 e. The van der Waals surface area contributed by atoms with E-state index in [4.69, 9.17) is 4.98 Å². The Labute approximate surface area is 186 Å². The van der Waals surface area contributed by atoms with Gasteiger partial charge in [-0.15, -0.1) is 0 Å². The molecule has 0 atom stereocenters. The quantitative estimate of drug-likeness (QED) is 0.377. The van der Waals surface area contributed by atoms with Gasteiger partial charge in [0.05, 0.1) is 11.0 Å². The minimum Gasteiger partial charge on any atom is -0.352 e. The highest BCUT2D eigenvalue weighted by Crippen LogP contribution is 2.23. The molecule has 5 nitrogen and oxygen atoms in total. The van der Waals surface area contributed by atoms with Gasteiger partial charge in [0.2, 0.25) is 0 Å². The molecular weight excluding hydrogens is 396 g/mol. The molecule has 0 aliphatic carbocycles. The molecule has 0 saturated heterocycles. The normalized spacial score (nSPS) is 11.1. The summed E-state index contributed by atoms with van der Waals surface area (Å²) in [5.74, 6) is 0.967. The molecule has 0 unspecified atom stereocenters. The minimum absolute atomic E-state index is 0.0725. The molecule has 0 saturated carbocycles. The van der Waals surface area contributed by atoms with Crippen LogP contribution in [0.15, 0.2) is 91.3 Å². The molecule has 0 aliphatic rings. The monoisotopic (exact) mass is 420 g/mol. The zero-order chi connectivity index (χ0) is 21.8. The second-order valence-electron chi connectivity index (χ2n) is 7.84.